The van der Waals surface area contributed by atoms with Gasteiger partial charge in [0.15, 0.2) is 5.43 Å². The molecule has 1 N–H and O–H groups in total. The maximum Gasteiger partial charge on any atom is 0.261 e. The van der Waals surface area contributed by atoms with Gasteiger partial charge in [0.05, 0.1) is 0 Å². The molecule has 2 aromatic rings. The molecule has 0 radical (unpaired) electrons. The Kier molecular flexibility index (Phi) is 8.90. The average Bonchev–Trinajstić information content (AvgIpc) is 2.72. The van der Waals surface area contributed by atoms with Gasteiger partial charge in [-0.2, -0.15) is 0 Å². The molecule has 30 heavy (non-hydrogen) atoms. The smallest absolute Gasteiger partial charge is 0.261 e. The Balaban J connectivity index is 2.57. The van der Waals surface area contributed by atoms with E-state index in [1.807, 2.05) is 26.0 Å². The van der Waals surface area contributed by atoms with Crippen molar-refractivity contribution in [2.75, 3.05) is 5.32 Å². The Hall–Kier alpha value is -1.88. The topological polar surface area (TPSA) is 51.1 Å². The van der Waals surface area contributed by atoms with Crippen LogP contribution in [0.2, 0.25) is 0 Å². The number of aryl methyl sites for hydroxylation is 2. The van der Waals surface area contributed by atoms with Crippen LogP contribution in [0.25, 0.3) is 0 Å². The fraction of sp³-hybridized carbons (Fsp3) is 0.520. The number of amides is 1. The molecule has 0 atom stereocenters. The van der Waals surface area contributed by atoms with Gasteiger partial charge in [-0.15, -0.1) is 0 Å². The number of anilines is 1. The molecule has 0 unspecified atom stereocenters. The molecule has 0 fully saturated rings. The third-order valence-corrected chi connectivity index (χ3v) is 6.36. The zero-order chi connectivity index (χ0) is 22.4. The van der Waals surface area contributed by atoms with E-state index < -0.39 is 0 Å². The molecule has 0 saturated carbocycles. The fourth-order valence-electron chi connectivity index (χ4n) is 4.19. The van der Waals surface area contributed by atoms with Crippen molar-refractivity contribution in [1.82, 2.24) is 4.57 Å². The summed E-state index contributed by atoms with van der Waals surface area (Å²) in [7, 11) is 0. The summed E-state index contributed by atoms with van der Waals surface area (Å²) in [5.74, 6) is -0.306. The number of halogens is 1. The van der Waals surface area contributed by atoms with Gasteiger partial charge >= 0.3 is 0 Å². The van der Waals surface area contributed by atoms with Crippen molar-refractivity contribution in [2.45, 2.75) is 86.6 Å². The van der Waals surface area contributed by atoms with E-state index in [9.17, 15) is 9.59 Å². The van der Waals surface area contributed by atoms with Crippen LogP contribution in [0.4, 0.5) is 5.69 Å². The normalized spacial score (nSPS) is 11.0. The summed E-state index contributed by atoms with van der Waals surface area (Å²) < 4.78 is 3.19. The second-order valence-corrected chi connectivity index (χ2v) is 8.75. The van der Waals surface area contributed by atoms with E-state index in [1.165, 1.54) is 0 Å². The summed E-state index contributed by atoms with van der Waals surface area (Å²) in [5, 5.41) is 3.09. The Labute approximate surface area is 189 Å². The van der Waals surface area contributed by atoms with Crippen molar-refractivity contribution in [1.29, 1.82) is 0 Å². The number of unbranched alkanes of at least 4 members (excludes halogenated alkanes) is 2. The molecule has 0 aliphatic carbocycles. The molecule has 2 rings (SSSR count). The Bertz CT molecular complexity index is 951. The number of nitrogens with zero attached hydrogens (tertiary/aromatic N) is 1. The number of benzene rings is 1. The first-order valence-electron chi connectivity index (χ1n) is 11.2. The molecule has 1 aromatic heterocycles. The van der Waals surface area contributed by atoms with Crippen LogP contribution in [0.3, 0.4) is 0 Å². The first-order chi connectivity index (χ1) is 14.3. The highest BCUT2D eigenvalue weighted by Gasteiger charge is 2.22. The van der Waals surface area contributed by atoms with Gasteiger partial charge in [-0.25, -0.2) is 0 Å². The summed E-state index contributed by atoms with van der Waals surface area (Å²) in [6, 6.07) is 4.08. The van der Waals surface area contributed by atoms with E-state index in [0.717, 1.165) is 77.7 Å². The zero-order valence-electron chi connectivity index (χ0n) is 19.2. The number of pyridine rings is 1. The highest BCUT2D eigenvalue weighted by Crippen LogP contribution is 2.28. The van der Waals surface area contributed by atoms with E-state index in [-0.39, 0.29) is 16.9 Å². The number of carbonyl (C=O) groups is 1. The lowest BCUT2D eigenvalue weighted by Gasteiger charge is -2.22. The van der Waals surface area contributed by atoms with E-state index in [2.05, 4.69) is 53.5 Å². The third-order valence-electron chi connectivity index (χ3n) is 5.91. The molecular formula is C25H35BrN2O2. The molecule has 164 valence electrons. The minimum Gasteiger partial charge on any atom is -0.348 e. The van der Waals surface area contributed by atoms with Crippen LogP contribution >= 0.6 is 15.9 Å². The van der Waals surface area contributed by atoms with Crippen molar-refractivity contribution in [2.24, 2.45) is 0 Å². The van der Waals surface area contributed by atoms with Crippen LogP contribution in [0.15, 0.2) is 21.4 Å². The molecule has 4 nitrogen and oxygen atoms in total. The molecule has 5 heteroatoms. The summed E-state index contributed by atoms with van der Waals surface area (Å²) in [4.78, 5) is 26.5. The highest BCUT2D eigenvalue weighted by molar-refractivity contribution is 9.10. The van der Waals surface area contributed by atoms with Gasteiger partial charge in [0.1, 0.15) is 5.56 Å². The average molecular weight is 475 g/mol. The maximum absolute atomic E-state index is 13.4. The van der Waals surface area contributed by atoms with E-state index >= 15 is 0 Å². The number of nitrogens with one attached hydrogen (secondary N) is 1. The van der Waals surface area contributed by atoms with E-state index in [1.54, 1.807) is 0 Å². The third kappa shape index (κ3) is 5.05. The largest absolute Gasteiger partial charge is 0.348 e. The Morgan fingerprint density at radius 2 is 1.60 bits per heavy atom. The summed E-state index contributed by atoms with van der Waals surface area (Å²) >= 11 is 3.56. The van der Waals surface area contributed by atoms with Gasteiger partial charge in [-0.1, -0.05) is 56.5 Å². The van der Waals surface area contributed by atoms with E-state index in [4.69, 9.17) is 0 Å². The Morgan fingerprint density at radius 1 is 1.00 bits per heavy atom. The van der Waals surface area contributed by atoms with Crippen LogP contribution in [0.5, 0.6) is 0 Å². The van der Waals surface area contributed by atoms with Gasteiger partial charge in [0.25, 0.3) is 5.91 Å². The SMILES string of the molecule is CCCCCn1c(C)c(C(=O)Nc2c(CC)cc(Br)cc2CC)c(=O)c(C)c1CC. The molecule has 0 aliphatic heterocycles. The lowest BCUT2D eigenvalue weighted by molar-refractivity contribution is 0.102. The van der Waals surface area contributed by atoms with Gasteiger partial charge in [0, 0.05) is 33.7 Å². The number of rotatable bonds is 9. The summed E-state index contributed by atoms with van der Waals surface area (Å²) in [6.45, 7) is 13.0. The van der Waals surface area contributed by atoms with Gasteiger partial charge in [-0.3, -0.25) is 9.59 Å². The van der Waals surface area contributed by atoms with E-state index in [0.29, 0.717) is 5.56 Å². The van der Waals surface area contributed by atoms with Crippen molar-refractivity contribution >= 4 is 27.5 Å². The van der Waals surface area contributed by atoms with Crippen molar-refractivity contribution in [3.63, 3.8) is 0 Å². The van der Waals surface area contributed by atoms with Crippen LogP contribution in [-0.2, 0) is 25.8 Å². The van der Waals surface area contributed by atoms with Gasteiger partial charge in [0.2, 0.25) is 0 Å². The van der Waals surface area contributed by atoms with Crippen LogP contribution in [-0.4, -0.2) is 10.5 Å². The molecule has 0 aliphatic rings. The molecule has 1 aromatic carbocycles. The van der Waals surface area contributed by atoms with Crippen LogP contribution in [0.1, 0.15) is 85.4 Å². The van der Waals surface area contributed by atoms with Gasteiger partial charge < -0.3 is 9.88 Å². The summed E-state index contributed by atoms with van der Waals surface area (Å²) in [5.41, 5.74) is 5.58. The lowest BCUT2D eigenvalue weighted by Crippen LogP contribution is -2.30. The standard InChI is InChI=1S/C25H35BrN2O2/c1-7-11-12-13-28-17(6)22(24(29)16(5)21(28)10-4)25(30)27-23-18(8-2)14-20(26)15-19(23)9-3/h14-15H,7-13H2,1-6H3,(H,27,30). The predicted molar refractivity (Wildman–Crippen MR) is 130 cm³/mol. The number of hydrogen-bond acceptors (Lipinski definition) is 2. The van der Waals surface area contributed by atoms with Crippen LogP contribution < -0.4 is 10.7 Å². The minimum absolute atomic E-state index is 0.151. The second kappa shape index (κ2) is 10.9. The molecular weight excluding hydrogens is 440 g/mol. The molecule has 0 bridgehead atoms. The fourth-order valence-corrected chi connectivity index (χ4v) is 4.74. The van der Waals surface area contributed by atoms with Crippen LogP contribution in [0, 0.1) is 13.8 Å². The molecule has 1 heterocycles. The van der Waals surface area contributed by atoms with Gasteiger partial charge in [-0.05, 0) is 62.8 Å². The number of aromatic nitrogens is 1. The highest BCUT2D eigenvalue weighted by atomic mass is 79.9. The number of carbonyl (C=O) groups excluding carboxylic acids is 1. The molecule has 0 spiro atoms. The van der Waals surface area contributed by atoms with Crippen molar-refractivity contribution < 1.29 is 4.79 Å². The predicted octanol–water partition coefficient (Wildman–Crippen LogP) is 6.36. The zero-order valence-corrected chi connectivity index (χ0v) is 20.8. The minimum atomic E-state index is -0.306. The monoisotopic (exact) mass is 474 g/mol. The molecule has 1 amide bonds. The Morgan fingerprint density at radius 3 is 2.10 bits per heavy atom. The maximum atomic E-state index is 13.4. The quantitative estimate of drug-likeness (QED) is 0.429. The first-order valence-corrected chi connectivity index (χ1v) is 11.9. The lowest BCUT2D eigenvalue weighted by atomic mass is 10.0. The van der Waals surface area contributed by atoms with Crippen molar-refractivity contribution in [3.8, 4) is 0 Å². The second-order valence-electron chi connectivity index (χ2n) is 7.83. The first kappa shape index (κ1) is 24.4. The number of hydrogen-bond donors (Lipinski definition) is 1. The molecule has 0 saturated heterocycles. The van der Waals surface area contributed by atoms with Crippen molar-refractivity contribution in [3.05, 3.63) is 60.5 Å². The summed E-state index contributed by atoms with van der Waals surface area (Å²) in [6.07, 6.45) is 5.69.